The molecule has 0 atom stereocenters. The van der Waals surface area contributed by atoms with Crippen molar-refractivity contribution in [3.63, 3.8) is 0 Å². The van der Waals surface area contributed by atoms with E-state index < -0.39 is 0 Å². The van der Waals surface area contributed by atoms with E-state index in [1.807, 2.05) is 22.9 Å². The lowest BCUT2D eigenvalue weighted by molar-refractivity contribution is -0.117. The van der Waals surface area contributed by atoms with E-state index in [1.54, 1.807) is 35.9 Å². The largest absolute Gasteiger partial charge is 0.321 e. The molecule has 0 unspecified atom stereocenters. The highest BCUT2D eigenvalue weighted by molar-refractivity contribution is 7.08. The summed E-state index contributed by atoms with van der Waals surface area (Å²) in [5.41, 5.74) is 3.04. The molecular weight excluding hydrogens is 348 g/mol. The Morgan fingerprint density at radius 1 is 1.08 bits per heavy atom. The maximum Gasteiger partial charge on any atom is 0.255 e. The summed E-state index contributed by atoms with van der Waals surface area (Å²) >= 11 is 1.61. The first-order valence-corrected chi connectivity index (χ1v) is 9.19. The Hall–Kier alpha value is -3.06. The van der Waals surface area contributed by atoms with E-state index in [2.05, 4.69) is 20.6 Å². The van der Waals surface area contributed by atoms with Crippen molar-refractivity contribution in [1.29, 1.82) is 0 Å². The molecule has 3 heterocycles. The van der Waals surface area contributed by atoms with Crippen LogP contribution in [0.5, 0.6) is 0 Å². The number of rotatable bonds is 5. The molecule has 0 saturated heterocycles. The van der Waals surface area contributed by atoms with Crippen LogP contribution in [0.2, 0.25) is 0 Å². The van der Waals surface area contributed by atoms with Crippen LogP contribution in [0.15, 0.2) is 53.6 Å². The summed E-state index contributed by atoms with van der Waals surface area (Å²) in [7, 11) is 0. The number of thiophene rings is 1. The predicted octanol–water partition coefficient (Wildman–Crippen LogP) is 3.81. The molecule has 130 valence electrons. The third-order valence-electron chi connectivity index (χ3n) is 4.07. The number of amides is 2. The third-order valence-corrected chi connectivity index (χ3v) is 4.76. The Labute approximate surface area is 154 Å². The van der Waals surface area contributed by atoms with Crippen molar-refractivity contribution in [3.05, 3.63) is 59.2 Å². The van der Waals surface area contributed by atoms with Crippen molar-refractivity contribution in [1.82, 2.24) is 9.97 Å². The molecular formula is C19H16N4O2S. The highest BCUT2D eigenvalue weighted by atomic mass is 32.1. The molecule has 2 N–H and O–H groups in total. The summed E-state index contributed by atoms with van der Waals surface area (Å²) in [6.45, 7) is 0. The molecule has 1 aliphatic rings. The van der Waals surface area contributed by atoms with Gasteiger partial charge in [-0.3, -0.25) is 14.6 Å². The van der Waals surface area contributed by atoms with Gasteiger partial charge in [0, 0.05) is 29.4 Å². The zero-order chi connectivity index (χ0) is 17.9. The summed E-state index contributed by atoms with van der Waals surface area (Å²) < 4.78 is 0. The van der Waals surface area contributed by atoms with Crippen LogP contribution in [0.1, 0.15) is 23.2 Å². The van der Waals surface area contributed by atoms with Crippen molar-refractivity contribution in [2.75, 3.05) is 10.6 Å². The maximum atomic E-state index is 12.5. The summed E-state index contributed by atoms with van der Waals surface area (Å²) in [5, 5.41) is 9.61. The summed E-state index contributed by atoms with van der Waals surface area (Å²) in [6, 6.07) is 7.07. The molecule has 7 heteroatoms. The average molecular weight is 364 g/mol. The van der Waals surface area contributed by atoms with E-state index in [0.717, 1.165) is 24.0 Å². The van der Waals surface area contributed by atoms with Gasteiger partial charge < -0.3 is 10.6 Å². The van der Waals surface area contributed by atoms with Gasteiger partial charge in [0.1, 0.15) is 5.82 Å². The van der Waals surface area contributed by atoms with E-state index >= 15 is 0 Å². The van der Waals surface area contributed by atoms with Crippen molar-refractivity contribution >= 4 is 34.7 Å². The van der Waals surface area contributed by atoms with Gasteiger partial charge in [-0.2, -0.15) is 11.3 Å². The lowest BCUT2D eigenvalue weighted by Gasteiger charge is -2.08. The second-order valence-electron chi connectivity index (χ2n) is 6.12. The van der Waals surface area contributed by atoms with Gasteiger partial charge in [0.25, 0.3) is 5.91 Å². The first-order chi connectivity index (χ1) is 12.7. The number of pyridine rings is 2. The first kappa shape index (κ1) is 16.4. The molecule has 1 aliphatic carbocycles. The Morgan fingerprint density at radius 3 is 2.73 bits per heavy atom. The van der Waals surface area contributed by atoms with Gasteiger partial charge in [0.05, 0.1) is 11.9 Å². The van der Waals surface area contributed by atoms with Crippen LogP contribution in [0.3, 0.4) is 0 Å². The van der Waals surface area contributed by atoms with Crippen LogP contribution in [0.25, 0.3) is 11.1 Å². The van der Waals surface area contributed by atoms with Crippen molar-refractivity contribution in [2.45, 2.75) is 12.8 Å². The molecule has 0 aliphatic heterocycles. The second-order valence-corrected chi connectivity index (χ2v) is 6.90. The van der Waals surface area contributed by atoms with Gasteiger partial charge in [-0.15, -0.1) is 0 Å². The zero-order valence-electron chi connectivity index (χ0n) is 13.8. The molecule has 0 radical (unpaired) electrons. The molecule has 0 bridgehead atoms. The van der Waals surface area contributed by atoms with Crippen LogP contribution < -0.4 is 10.6 Å². The Balaban J connectivity index is 1.48. The molecule has 6 nitrogen and oxygen atoms in total. The van der Waals surface area contributed by atoms with Crippen LogP contribution in [0, 0.1) is 5.92 Å². The standard InChI is InChI=1S/C19H16N4O2S/c24-18(12-1-2-12)23-17-8-13(3-5-21-17)19(25)22-16-7-15(9-20-10-16)14-4-6-26-11-14/h3-12H,1-2H2,(H,22,25)(H,21,23,24). The minimum atomic E-state index is -0.279. The molecule has 1 fully saturated rings. The monoisotopic (exact) mass is 364 g/mol. The van der Waals surface area contributed by atoms with Gasteiger partial charge in [-0.25, -0.2) is 4.98 Å². The van der Waals surface area contributed by atoms with Gasteiger partial charge in [0.2, 0.25) is 5.91 Å². The lowest BCUT2D eigenvalue weighted by Crippen LogP contribution is -2.16. The molecule has 0 aromatic carbocycles. The SMILES string of the molecule is O=C(Nc1cncc(-c2ccsc2)c1)c1ccnc(NC(=O)C2CC2)c1. The quantitative estimate of drug-likeness (QED) is 0.721. The first-order valence-electron chi connectivity index (χ1n) is 8.25. The molecule has 26 heavy (non-hydrogen) atoms. The van der Waals surface area contributed by atoms with E-state index in [-0.39, 0.29) is 17.7 Å². The molecule has 1 saturated carbocycles. The van der Waals surface area contributed by atoms with Crippen LogP contribution in [-0.4, -0.2) is 21.8 Å². The fraction of sp³-hybridized carbons (Fsp3) is 0.158. The van der Waals surface area contributed by atoms with E-state index in [4.69, 9.17) is 0 Å². The third kappa shape index (κ3) is 3.78. The van der Waals surface area contributed by atoms with E-state index in [9.17, 15) is 9.59 Å². The molecule has 0 spiro atoms. The fourth-order valence-corrected chi connectivity index (χ4v) is 3.18. The molecule has 2 amide bonds. The van der Waals surface area contributed by atoms with Crippen molar-refractivity contribution in [3.8, 4) is 11.1 Å². The fourth-order valence-electron chi connectivity index (χ4n) is 2.51. The lowest BCUT2D eigenvalue weighted by atomic mass is 10.1. The van der Waals surface area contributed by atoms with Crippen LogP contribution >= 0.6 is 11.3 Å². The van der Waals surface area contributed by atoms with Gasteiger partial charge in [0.15, 0.2) is 0 Å². The summed E-state index contributed by atoms with van der Waals surface area (Å²) in [4.78, 5) is 32.7. The highest BCUT2D eigenvalue weighted by Crippen LogP contribution is 2.30. The van der Waals surface area contributed by atoms with Gasteiger partial charge >= 0.3 is 0 Å². The van der Waals surface area contributed by atoms with Gasteiger partial charge in [-0.1, -0.05) is 0 Å². The summed E-state index contributed by atoms with van der Waals surface area (Å²) in [6.07, 6.45) is 6.71. The zero-order valence-corrected chi connectivity index (χ0v) is 14.6. The topological polar surface area (TPSA) is 84.0 Å². The number of aromatic nitrogens is 2. The van der Waals surface area contributed by atoms with E-state index in [0.29, 0.717) is 17.1 Å². The number of nitrogens with zero attached hydrogens (tertiary/aromatic N) is 2. The van der Waals surface area contributed by atoms with Crippen molar-refractivity contribution in [2.24, 2.45) is 5.92 Å². The minimum absolute atomic E-state index is 0.0391. The Morgan fingerprint density at radius 2 is 1.96 bits per heavy atom. The number of hydrogen-bond acceptors (Lipinski definition) is 5. The van der Waals surface area contributed by atoms with Gasteiger partial charge in [-0.05, 0) is 53.4 Å². The second kappa shape index (κ2) is 7.05. The number of carbonyl (C=O) groups excluding carboxylic acids is 2. The molecule has 3 aromatic heterocycles. The highest BCUT2D eigenvalue weighted by Gasteiger charge is 2.29. The Bertz CT molecular complexity index is 952. The van der Waals surface area contributed by atoms with Crippen molar-refractivity contribution < 1.29 is 9.59 Å². The minimum Gasteiger partial charge on any atom is -0.321 e. The predicted molar refractivity (Wildman–Crippen MR) is 101 cm³/mol. The normalized spacial score (nSPS) is 13.2. The van der Waals surface area contributed by atoms with Crippen LogP contribution in [-0.2, 0) is 4.79 Å². The number of nitrogens with one attached hydrogen (secondary N) is 2. The Kier molecular flexibility index (Phi) is 4.45. The molecule has 4 rings (SSSR count). The summed E-state index contributed by atoms with van der Waals surface area (Å²) in [5.74, 6) is 0.154. The smallest absolute Gasteiger partial charge is 0.255 e. The number of hydrogen-bond donors (Lipinski definition) is 2. The van der Waals surface area contributed by atoms with Crippen LogP contribution in [0.4, 0.5) is 11.5 Å². The number of anilines is 2. The average Bonchev–Trinajstić information content (AvgIpc) is 3.37. The molecule has 3 aromatic rings. The van der Waals surface area contributed by atoms with E-state index in [1.165, 1.54) is 6.20 Å². The number of carbonyl (C=O) groups is 2. The maximum absolute atomic E-state index is 12.5.